The monoisotopic (exact) mass is 445 g/mol. The van der Waals surface area contributed by atoms with Crippen LogP contribution in [0.4, 0.5) is 4.39 Å². The Hall–Kier alpha value is -3.10. The van der Waals surface area contributed by atoms with Gasteiger partial charge in [-0.2, -0.15) is 5.53 Å². The summed E-state index contributed by atoms with van der Waals surface area (Å²) in [6.07, 6.45) is 0. The zero-order valence-corrected chi connectivity index (χ0v) is 18.3. The van der Waals surface area contributed by atoms with Crippen molar-refractivity contribution in [3.63, 3.8) is 0 Å². The highest BCUT2D eigenvalue weighted by Gasteiger charge is 2.38. The molecule has 3 N–H and O–H groups in total. The molecule has 2 unspecified atom stereocenters. The molecule has 2 saturated heterocycles. The number of nitrogens with one attached hydrogen (secondary N) is 3. The summed E-state index contributed by atoms with van der Waals surface area (Å²) in [6, 6.07) is 26.8. The fraction of sp³-hybridized carbons (Fsp3) is 0.269. The highest BCUT2D eigenvalue weighted by Crippen LogP contribution is 2.30. The maximum Gasteiger partial charge on any atom is 0.243 e. The van der Waals surface area contributed by atoms with Gasteiger partial charge in [-0.05, 0) is 28.8 Å². The first-order valence-corrected chi connectivity index (χ1v) is 11.3. The van der Waals surface area contributed by atoms with Crippen LogP contribution in [0.2, 0.25) is 0 Å². The number of carbonyl (C=O) groups excluding carboxylic acids is 1. The summed E-state index contributed by atoms with van der Waals surface area (Å²) < 4.78 is 13.3. The van der Waals surface area contributed by atoms with Gasteiger partial charge < -0.3 is 4.90 Å². The number of hydrogen-bond acceptors (Lipinski definition) is 5. The Morgan fingerprint density at radius 3 is 1.94 bits per heavy atom. The molecule has 2 aliphatic heterocycles. The predicted octanol–water partition coefficient (Wildman–Crippen LogP) is 2.78. The number of hydrazine groups is 2. The maximum absolute atomic E-state index is 13.4. The van der Waals surface area contributed by atoms with Gasteiger partial charge >= 0.3 is 0 Å². The molecule has 5 rings (SSSR count). The summed E-state index contributed by atoms with van der Waals surface area (Å²) >= 11 is 0. The van der Waals surface area contributed by atoms with E-state index in [4.69, 9.17) is 0 Å². The maximum atomic E-state index is 13.4. The Bertz CT molecular complexity index is 1020. The summed E-state index contributed by atoms with van der Waals surface area (Å²) in [5.74, 6) is -0.250. The van der Waals surface area contributed by atoms with Crippen LogP contribution in [0.15, 0.2) is 84.9 Å². The van der Waals surface area contributed by atoms with E-state index in [0.29, 0.717) is 13.1 Å². The van der Waals surface area contributed by atoms with Crippen molar-refractivity contribution in [3.8, 4) is 0 Å². The van der Waals surface area contributed by atoms with Gasteiger partial charge in [0, 0.05) is 26.2 Å². The third-order valence-electron chi connectivity index (χ3n) is 6.51. The molecule has 0 aromatic heterocycles. The van der Waals surface area contributed by atoms with E-state index >= 15 is 0 Å². The number of amides is 1. The second-order valence-corrected chi connectivity index (χ2v) is 8.51. The summed E-state index contributed by atoms with van der Waals surface area (Å²) in [6.45, 7) is 2.89. The average Bonchev–Trinajstić information content (AvgIpc) is 3.36. The molecule has 2 atom stereocenters. The fourth-order valence-corrected chi connectivity index (χ4v) is 4.80. The third-order valence-corrected chi connectivity index (χ3v) is 6.51. The van der Waals surface area contributed by atoms with Crippen LogP contribution in [-0.2, 0) is 4.79 Å². The number of piperazine rings is 1. The van der Waals surface area contributed by atoms with Gasteiger partial charge in [0.1, 0.15) is 11.9 Å². The third kappa shape index (κ3) is 4.67. The first kappa shape index (κ1) is 21.7. The number of hydrogen-bond donors (Lipinski definition) is 3. The van der Waals surface area contributed by atoms with Crippen LogP contribution in [-0.4, -0.2) is 47.9 Å². The van der Waals surface area contributed by atoms with Gasteiger partial charge in [0.25, 0.3) is 0 Å². The van der Waals surface area contributed by atoms with E-state index in [-0.39, 0.29) is 23.8 Å². The molecule has 2 aliphatic rings. The van der Waals surface area contributed by atoms with Crippen LogP contribution in [0.1, 0.15) is 28.8 Å². The van der Waals surface area contributed by atoms with Gasteiger partial charge in [-0.3, -0.25) is 9.69 Å². The molecular formula is C26H28FN5O. The lowest BCUT2D eigenvalue weighted by molar-refractivity contribution is -0.135. The van der Waals surface area contributed by atoms with Crippen molar-refractivity contribution in [2.24, 2.45) is 0 Å². The Labute approximate surface area is 193 Å². The average molecular weight is 446 g/mol. The number of carbonyl (C=O) groups is 1. The molecule has 2 heterocycles. The molecule has 6 nitrogen and oxygen atoms in total. The molecule has 7 heteroatoms. The van der Waals surface area contributed by atoms with Crippen LogP contribution >= 0.6 is 0 Å². The van der Waals surface area contributed by atoms with Gasteiger partial charge in [0.15, 0.2) is 0 Å². The zero-order valence-electron chi connectivity index (χ0n) is 18.3. The van der Waals surface area contributed by atoms with Crippen molar-refractivity contribution >= 4 is 5.91 Å². The Morgan fingerprint density at radius 2 is 1.36 bits per heavy atom. The molecule has 3 aromatic carbocycles. The van der Waals surface area contributed by atoms with Crippen molar-refractivity contribution in [2.45, 2.75) is 18.1 Å². The minimum Gasteiger partial charge on any atom is -0.339 e. The fourth-order valence-electron chi connectivity index (χ4n) is 4.80. The van der Waals surface area contributed by atoms with Crippen molar-refractivity contribution in [1.29, 1.82) is 0 Å². The number of rotatable bonds is 5. The minimum atomic E-state index is -0.457. The lowest BCUT2D eigenvalue weighted by atomic mass is 9.96. The summed E-state index contributed by atoms with van der Waals surface area (Å²) in [5, 5.41) is 0. The summed E-state index contributed by atoms with van der Waals surface area (Å²) in [5.41, 5.74) is 12.4. The number of benzene rings is 3. The molecule has 0 saturated carbocycles. The first-order chi connectivity index (χ1) is 16.2. The van der Waals surface area contributed by atoms with E-state index in [1.54, 1.807) is 12.1 Å². The SMILES string of the molecule is O=C(C1NNNC1c1ccc(F)cc1)N1CCN(C(c2ccccc2)c2ccccc2)CC1. The van der Waals surface area contributed by atoms with Crippen molar-refractivity contribution in [3.05, 3.63) is 107 Å². The molecule has 3 aromatic rings. The number of halogens is 1. The Balaban J connectivity index is 1.28. The highest BCUT2D eigenvalue weighted by molar-refractivity contribution is 5.83. The van der Waals surface area contributed by atoms with Crippen LogP contribution in [0.3, 0.4) is 0 Å². The molecule has 0 bridgehead atoms. The van der Waals surface area contributed by atoms with E-state index in [1.807, 2.05) is 17.0 Å². The smallest absolute Gasteiger partial charge is 0.243 e. The largest absolute Gasteiger partial charge is 0.339 e. The van der Waals surface area contributed by atoms with Gasteiger partial charge in [-0.25, -0.2) is 15.2 Å². The van der Waals surface area contributed by atoms with E-state index in [9.17, 15) is 9.18 Å². The summed E-state index contributed by atoms with van der Waals surface area (Å²) in [4.78, 5) is 17.7. The van der Waals surface area contributed by atoms with Crippen LogP contribution in [0.25, 0.3) is 0 Å². The molecular weight excluding hydrogens is 417 g/mol. The Morgan fingerprint density at radius 1 is 0.788 bits per heavy atom. The van der Waals surface area contributed by atoms with Crippen LogP contribution in [0, 0.1) is 5.82 Å². The van der Waals surface area contributed by atoms with Gasteiger partial charge in [-0.15, -0.1) is 0 Å². The van der Waals surface area contributed by atoms with E-state index in [1.165, 1.54) is 23.3 Å². The quantitative estimate of drug-likeness (QED) is 0.564. The summed E-state index contributed by atoms with van der Waals surface area (Å²) in [7, 11) is 0. The second kappa shape index (κ2) is 9.80. The molecule has 2 fully saturated rings. The molecule has 0 spiro atoms. The number of nitrogens with zero attached hydrogens (tertiary/aromatic N) is 2. The molecule has 1 amide bonds. The van der Waals surface area contributed by atoms with Gasteiger partial charge in [0.2, 0.25) is 5.91 Å². The predicted molar refractivity (Wildman–Crippen MR) is 125 cm³/mol. The van der Waals surface area contributed by atoms with Gasteiger partial charge in [0.05, 0.1) is 12.1 Å². The van der Waals surface area contributed by atoms with Crippen molar-refractivity contribution in [2.75, 3.05) is 26.2 Å². The minimum absolute atomic E-state index is 0.0393. The Kier molecular flexibility index (Phi) is 6.46. The lowest BCUT2D eigenvalue weighted by Gasteiger charge is -2.40. The first-order valence-electron chi connectivity index (χ1n) is 11.3. The van der Waals surface area contributed by atoms with Gasteiger partial charge in [-0.1, -0.05) is 72.8 Å². The molecule has 170 valence electrons. The van der Waals surface area contributed by atoms with Crippen LogP contribution in [0.5, 0.6) is 0 Å². The topological polar surface area (TPSA) is 59.6 Å². The lowest BCUT2D eigenvalue weighted by Crippen LogP contribution is -2.55. The van der Waals surface area contributed by atoms with Crippen LogP contribution < -0.4 is 16.4 Å². The second-order valence-electron chi connectivity index (χ2n) is 8.51. The molecule has 0 radical (unpaired) electrons. The van der Waals surface area contributed by atoms with E-state index in [0.717, 1.165) is 18.7 Å². The standard InChI is InChI=1S/C26H28FN5O/c27-22-13-11-19(12-14-22)23-24(29-30-28-23)26(33)32-17-15-31(16-18-32)25(20-7-3-1-4-8-20)21-9-5-2-6-10-21/h1-14,23-25,28-30H,15-18H2. The van der Waals surface area contributed by atoms with E-state index in [2.05, 4.69) is 69.8 Å². The molecule has 33 heavy (non-hydrogen) atoms. The van der Waals surface area contributed by atoms with E-state index < -0.39 is 6.04 Å². The zero-order chi connectivity index (χ0) is 22.6. The normalized spacial score (nSPS) is 21.5. The molecule has 0 aliphatic carbocycles. The highest BCUT2D eigenvalue weighted by atomic mass is 19.1. The van der Waals surface area contributed by atoms with Crippen molar-refractivity contribution in [1.82, 2.24) is 26.2 Å². The van der Waals surface area contributed by atoms with Crippen molar-refractivity contribution < 1.29 is 9.18 Å².